The van der Waals surface area contributed by atoms with Gasteiger partial charge in [-0.25, -0.2) is 4.79 Å². The van der Waals surface area contributed by atoms with Crippen LogP contribution < -0.4 is 10.2 Å². The summed E-state index contributed by atoms with van der Waals surface area (Å²) >= 11 is 0. The fourth-order valence-electron chi connectivity index (χ4n) is 5.44. The molecule has 3 amide bonds. The molecule has 0 bridgehead atoms. The Morgan fingerprint density at radius 1 is 1.03 bits per heavy atom. The second-order valence-electron chi connectivity index (χ2n) is 8.84. The lowest BCUT2D eigenvalue weighted by Crippen LogP contribution is -2.48. The van der Waals surface area contributed by atoms with Crippen molar-refractivity contribution in [2.75, 3.05) is 37.7 Å². The van der Waals surface area contributed by atoms with Crippen LogP contribution in [0.3, 0.4) is 0 Å². The van der Waals surface area contributed by atoms with Gasteiger partial charge >= 0.3 is 6.03 Å². The highest BCUT2D eigenvalue weighted by atomic mass is 16.5. The van der Waals surface area contributed by atoms with Crippen molar-refractivity contribution in [3.8, 4) is 0 Å². The van der Waals surface area contributed by atoms with Gasteiger partial charge in [-0.15, -0.1) is 0 Å². The Morgan fingerprint density at radius 3 is 2.69 bits per heavy atom. The lowest BCUT2D eigenvalue weighted by atomic mass is 9.83. The fraction of sp³-hybridized carbons (Fsp3) is 0.360. The lowest BCUT2D eigenvalue weighted by molar-refractivity contribution is -0.0957. The van der Waals surface area contributed by atoms with E-state index in [9.17, 15) is 9.59 Å². The van der Waals surface area contributed by atoms with Crippen LogP contribution in [0, 0.1) is 0 Å². The minimum absolute atomic E-state index is 0.00832. The zero-order valence-electron chi connectivity index (χ0n) is 17.9. The Hall–Kier alpha value is -3.32. The average molecular weight is 431 g/mol. The molecule has 164 valence electrons. The number of anilines is 1. The molecule has 7 heteroatoms. The Bertz CT molecular complexity index is 1210. The van der Waals surface area contributed by atoms with Crippen LogP contribution in [0.1, 0.15) is 34.5 Å². The van der Waals surface area contributed by atoms with Gasteiger partial charge in [-0.2, -0.15) is 0 Å². The highest BCUT2D eigenvalue weighted by Gasteiger charge is 2.43. The Morgan fingerprint density at radius 2 is 1.88 bits per heavy atom. The number of nitrogens with one attached hydrogen (secondary N) is 2. The van der Waals surface area contributed by atoms with E-state index in [1.807, 2.05) is 29.2 Å². The number of nitrogens with zero attached hydrogens (tertiary/aromatic N) is 2. The van der Waals surface area contributed by atoms with Crippen LogP contribution in [-0.2, 0) is 16.8 Å². The zero-order chi connectivity index (χ0) is 21.7. The highest BCUT2D eigenvalue weighted by Crippen LogP contribution is 2.43. The number of amides is 3. The number of fused-ring (bicyclic) bond motifs is 4. The van der Waals surface area contributed by atoms with Crippen molar-refractivity contribution in [3.63, 3.8) is 0 Å². The number of benzene rings is 2. The Balaban J connectivity index is 1.22. The van der Waals surface area contributed by atoms with Gasteiger partial charge in [0.25, 0.3) is 5.91 Å². The molecule has 2 saturated heterocycles. The summed E-state index contributed by atoms with van der Waals surface area (Å²) in [6.07, 6.45) is 2.46. The van der Waals surface area contributed by atoms with Crippen LogP contribution in [0.15, 0.2) is 48.5 Å². The molecule has 7 nitrogen and oxygen atoms in total. The predicted molar refractivity (Wildman–Crippen MR) is 122 cm³/mol. The van der Waals surface area contributed by atoms with Crippen LogP contribution in [0.2, 0.25) is 0 Å². The molecule has 3 aliphatic heterocycles. The molecule has 6 rings (SSSR count). The van der Waals surface area contributed by atoms with Gasteiger partial charge < -0.3 is 19.9 Å². The molecule has 32 heavy (non-hydrogen) atoms. The normalized spacial score (nSPS) is 19.9. The number of H-pyrrole nitrogens is 1. The number of para-hydroxylation sites is 1. The summed E-state index contributed by atoms with van der Waals surface area (Å²) in [5.41, 5.74) is 4.75. The van der Waals surface area contributed by atoms with Crippen LogP contribution in [0.25, 0.3) is 10.9 Å². The third kappa shape index (κ3) is 2.99. The molecular formula is C25H26N4O3. The van der Waals surface area contributed by atoms with E-state index in [2.05, 4.69) is 34.6 Å². The van der Waals surface area contributed by atoms with E-state index >= 15 is 0 Å². The van der Waals surface area contributed by atoms with Crippen molar-refractivity contribution in [2.24, 2.45) is 0 Å². The van der Waals surface area contributed by atoms with Gasteiger partial charge in [-0.3, -0.25) is 9.69 Å². The maximum absolute atomic E-state index is 13.3. The molecular weight excluding hydrogens is 404 g/mol. The summed E-state index contributed by atoms with van der Waals surface area (Å²) in [5.74, 6) is 0.00832. The first-order chi connectivity index (χ1) is 15.6. The predicted octanol–water partition coefficient (Wildman–Crippen LogP) is 3.40. The molecule has 3 aromatic rings. The summed E-state index contributed by atoms with van der Waals surface area (Å²) < 4.78 is 6.37. The molecule has 3 aliphatic rings. The van der Waals surface area contributed by atoms with E-state index in [1.165, 1.54) is 16.6 Å². The second kappa shape index (κ2) is 7.38. The minimum atomic E-state index is -0.348. The van der Waals surface area contributed by atoms with E-state index in [0.717, 1.165) is 30.5 Å². The van der Waals surface area contributed by atoms with E-state index in [4.69, 9.17) is 4.74 Å². The third-order valence-electron chi connectivity index (χ3n) is 7.12. The number of hydrogen-bond donors (Lipinski definition) is 2. The summed E-state index contributed by atoms with van der Waals surface area (Å²) in [4.78, 5) is 32.5. The first-order valence-corrected chi connectivity index (χ1v) is 11.3. The number of likely N-dealkylation sites (tertiary alicyclic amines) is 1. The van der Waals surface area contributed by atoms with Gasteiger partial charge in [-0.05, 0) is 49.1 Å². The number of hydrogen-bond acceptors (Lipinski definition) is 3. The molecule has 4 heterocycles. The SMILES string of the molecule is O=C(c1cccc(N2CCNC2=O)c1)N1CCC2(CC1)OCCc1c2[nH]c2ccccc12. The number of aromatic nitrogens is 1. The van der Waals surface area contributed by atoms with Crippen molar-refractivity contribution < 1.29 is 14.3 Å². The first kappa shape index (κ1) is 19.4. The van der Waals surface area contributed by atoms with Crippen LogP contribution in [0.4, 0.5) is 10.5 Å². The summed E-state index contributed by atoms with van der Waals surface area (Å²) in [5, 5.41) is 4.09. The van der Waals surface area contributed by atoms with Crippen LogP contribution >= 0.6 is 0 Å². The van der Waals surface area contributed by atoms with Gasteiger partial charge in [0.05, 0.1) is 12.3 Å². The average Bonchev–Trinajstić information content (AvgIpc) is 3.44. The molecule has 1 aromatic heterocycles. The maximum atomic E-state index is 13.3. The molecule has 0 atom stereocenters. The fourth-order valence-corrected chi connectivity index (χ4v) is 5.44. The van der Waals surface area contributed by atoms with Crippen molar-refractivity contribution in [2.45, 2.75) is 24.9 Å². The molecule has 0 unspecified atom stereocenters. The number of carbonyl (C=O) groups excluding carboxylic acids is 2. The number of piperidine rings is 1. The molecule has 0 radical (unpaired) electrons. The Labute approximate surface area is 186 Å². The van der Waals surface area contributed by atoms with Crippen LogP contribution in [-0.4, -0.2) is 54.6 Å². The number of carbonyl (C=O) groups is 2. The maximum Gasteiger partial charge on any atom is 0.321 e. The number of aromatic amines is 1. The van der Waals surface area contributed by atoms with Gasteiger partial charge in [-0.1, -0.05) is 24.3 Å². The highest BCUT2D eigenvalue weighted by molar-refractivity contribution is 5.98. The van der Waals surface area contributed by atoms with E-state index in [-0.39, 0.29) is 17.5 Å². The van der Waals surface area contributed by atoms with Gasteiger partial charge in [0, 0.05) is 48.3 Å². The molecule has 0 saturated carbocycles. The summed E-state index contributed by atoms with van der Waals surface area (Å²) in [6.45, 7) is 3.24. The minimum Gasteiger partial charge on any atom is -0.368 e. The molecule has 1 spiro atoms. The first-order valence-electron chi connectivity index (χ1n) is 11.3. The van der Waals surface area contributed by atoms with E-state index < -0.39 is 0 Å². The monoisotopic (exact) mass is 430 g/mol. The van der Waals surface area contributed by atoms with Gasteiger partial charge in [0.15, 0.2) is 0 Å². The van der Waals surface area contributed by atoms with Crippen molar-refractivity contribution in [3.05, 3.63) is 65.4 Å². The largest absolute Gasteiger partial charge is 0.368 e. The summed E-state index contributed by atoms with van der Waals surface area (Å²) in [6, 6.07) is 15.7. The molecule has 2 fully saturated rings. The number of urea groups is 1. The second-order valence-corrected chi connectivity index (χ2v) is 8.84. The van der Waals surface area contributed by atoms with Crippen LogP contribution in [0.5, 0.6) is 0 Å². The smallest absolute Gasteiger partial charge is 0.321 e. The standard InChI is InChI=1S/C25H26N4O3/c30-23(17-4-3-5-18(16-17)29-14-11-26-24(29)31)28-12-9-25(10-13-28)22-20(8-15-32-25)19-6-1-2-7-21(19)27-22/h1-7,16,27H,8-15H2,(H,26,31). The third-order valence-corrected chi connectivity index (χ3v) is 7.12. The number of ether oxygens (including phenoxy) is 1. The lowest BCUT2D eigenvalue weighted by Gasteiger charge is -2.43. The van der Waals surface area contributed by atoms with Crippen molar-refractivity contribution >= 4 is 28.5 Å². The Kier molecular flexibility index (Phi) is 4.47. The van der Waals surface area contributed by atoms with Gasteiger partial charge in [0.1, 0.15) is 5.60 Å². The molecule has 2 aromatic carbocycles. The quantitative estimate of drug-likeness (QED) is 0.654. The molecule has 2 N–H and O–H groups in total. The van der Waals surface area contributed by atoms with Crippen molar-refractivity contribution in [1.82, 2.24) is 15.2 Å². The topological polar surface area (TPSA) is 77.7 Å². The van der Waals surface area contributed by atoms with E-state index in [0.29, 0.717) is 38.3 Å². The number of rotatable bonds is 2. The summed E-state index contributed by atoms with van der Waals surface area (Å²) in [7, 11) is 0. The van der Waals surface area contributed by atoms with Gasteiger partial charge in [0.2, 0.25) is 0 Å². The molecule has 0 aliphatic carbocycles. The van der Waals surface area contributed by atoms with E-state index in [1.54, 1.807) is 4.90 Å². The van der Waals surface area contributed by atoms with Crippen molar-refractivity contribution in [1.29, 1.82) is 0 Å². The zero-order valence-corrected chi connectivity index (χ0v) is 17.9.